The predicted octanol–water partition coefficient (Wildman–Crippen LogP) is 4.42. The maximum absolute atomic E-state index is 9.56. The number of aromatic hydroxyl groups is 1. The van der Waals surface area contributed by atoms with E-state index in [1.807, 2.05) is 24.3 Å². The molecule has 0 aliphatic rings. The molecule has 0 atom stereocenters. The van der Waals surface area contributed by atoms with Crippen LogP contribution in [0.15, 0.2) is 58.8 Å². The summed E-state index contributed by atoms with van der Waals surface area (Å²) in [6.07, 6.45) is 0. The summed E-state index contributed by atoms with van der Waals surface area (Å²) in [4.78, 5) is 4.33. The van der Waals surface area contributed by atoms with Crippen molar-refractivity contribution >= 4 is 32.4 Å². The van der Waals surface area contributed by atoms with E-state index in [0.29, 0.717) is 10.8 Å². The van der Waals surface area contributed by atoms with Gasteiger partial charge < -0.3 is 5.11 Å². The summed E-state index contributed by atoms with van der Waals surface area (Å²) in [6.45, 7) is 0. The van der Waals surface area contributed by atoms with Crippen LogP contribution in [0.1, 0.15) is 0 Å². The van der Waals surface area contributed by atoms with Gasteiger partial charge in [-0.1, -0.05) is 35.6 Å². The highest BCUT2D eigenvalue weighted by atomic mass is 32.1. The smallest absolute Gasteiger partial charge is 0.231 e. The zero-order valence-corrected chi connectivity index (χ0v) is 10.1. The Morgan fingerprint density at radius 2 is 1.72 bits per heavy atom. The van der Waals surface area contributed by atoms with Gasteiger partial charge in [-0.2, -0.15) is 0 Å². The third kappa shape index (κ3) is 2.08. The summed E-state index contributed by atoms with van der Waals surface area (Å²) < 4.78 is 1.07. The average molecular weight is 255 g/mol. The minimum Gasteiger partial charge on any atom is -0.506 e. The molecule has 0 saturated carbocycles. The Balaban J connectivity index is 1.95. The van der Waals surface area contributed by atoms with Crippen molar-refractivity contribution < 1.29 is 5.11 Å². The fourth-order valence-electron chi connectivity index (χ4n) is 1.55. The summed E-state index contributed by atoms with van der Waals surface area (Å²) >= 11 is 1.47. The van der Waals surface area contributed by atoms with E-state index >= 15 is 0 Å². The number of fused-ring (bicyclic) bond motifs is 1. The quantitative estimate of drug-likeness (QED) is 0.689. The molecule has 3 rings (SSSR count). The van der Waals surface area contributed by atoms with Crippen molar-refractivity contribution in [2.75, 3.05) is 0 Å². The second-order valence-corrected chi connectivity index (χ2v) is 4.66. The molecule has 18 heavy (non-hydrogen) atoms. The molecule has 3 aromatic rings. The number of hydrogen-bond donors (Lipinski definition) is 1. The number of azo groups is 1. The third-order valence-corrected chi connectivity index (χ3v) is 3.33. The lowest BCUT2D eigenvalue weighted by molar-refractivity contribution is 0.476. The molecule has 1 heterocycles. The van der Waals surface area contributed by atoms with E-state index in [1.165, 1.54) is 11.3 Å². The number of thiazole rings is 1. The lowest BCUT2D eigenvalue weighted by atomic mass is 10.3. The number of benzene rings is 2. The van der Waals surface area contributed by atoms with E-state index in [0.717, 1.165) is 10.2 Å². The lowest BCUT2D eigenvalue weighted by Gasteiger charge is -1.93. The summed E-state index contributed by atoms with van der Waals surface area (Å²) in [5.41, 5.74) is 1.35. The highest BCUT2D eigenvalue weighted by Gasteiger charge is 2.02. The van der Waals surface area contributed by atoms with Gasteiger partial charge in [0.1, 0.15) is 11.4 Å². The Bertz CT molecular complexity index is 688. The summed E-state index contributed by atoms with van der Waals surface area (Å²) in [5, 5.41) is 18.2. The average Bonchev–Trinajstić information content (AvgIpc) is 2.80. The predicted molar refractivity (Wildman–Crippen MR) is 71.9 cm³/mol. The van der Waals surface area contributed by atoms with Gasteiger partial charge in [-0.15, -0.1) is 10.2 Å². The van der Waals surface area contributed by atoms with Gasteiger partial charge in [-0.3, -0.25) is 0 Å². The topological polar surface area (TPSA) is 57.8 Å². The largest absolute Gasteiger partial charge is 0.506 e. The molecule has 0 fully saturated rings. The van der Waals surface area contributed by atoms with Gasteiger partial charge in [0.25, 0.3) is 0 Å². The van der Waals surface area contributed by atoms with Crippen LogP contribution in [0.3, 0.4) is 0 Å². The van der Waals surface area contributed by atoms with Gasteiger partial charge in [-0.25, -0.2) is 4.98 Å². The maximum Gasteiger partial charge on any atom is 0.231 e. The van der Waals surface area contributed by atoms with Crippen LogP contribution in [0.4, 0.5) is 10.8 Å². The molecule has 0 spiro atoms. The van der Waals surface area contributed by atoms with E-state index in [1.54, 1.807) is 24.3 Å². The van der Waals surface area contributed by atoms with Gasteiger partial charge in [0.05, 0.1) is 10.2 Å². The second kappa shape index (κ2) is 4.54. The zero-order valence-electron chi connectivity index (χ0n) is 9.32. The van der Waals surface area contributed by atoms with Crippen LogP contribution in [0.5, 0.6) is 5.75 Å². The van der Waals surface area contributed by atoms with E-state index < -0.39 is 0 Å². The normalized spacial score (nSPS) is 11.3. The fraction of sp³-hybridized carbons (Fsp3) is 0. The van der Waals surface area contributed by atoms with Crippen molar-refractivity contribution in [3.63, 3.8) is 0 Å². The molecule has 1 N–H and O–H groups in total. The Morgan fingerprint density at radius 3 is 2.56 bits per heavy atom. The van der Waals surface area contributed by atoms with E-state index in [2.05, 4.69) is 15.2 Å². The number of rotatable bonds is 2. The van der Waals surface area contributed by atoms with Crippen LogP contribution in [0.2, 0.25) is 0 Å². The molecular weight excluding hydrogens is 246 g/mol. The number of nitrogens with zero attached hydrogens (tertiary/aromatic N) is 3. The molecule has 0 radical (unpaired) electrons. The van der Waals surface area contributed by atoms with Crippen LogP contribution < -0.4 is 0 Å². The molecule has 0 amide bonds. The SMILES string of the molecule is Oc1ccccc1N=Nc1nc2ccccc2s1. The van der Waals surface area contributed by atoms with Crippen LogP contribution in [-0.2, 0) is 0 Å². The number of hydrogen-bond acceptors (Lipinski definition) is 5. The maximum atomic E-state index is 9.56. The van der Waals surface area contributed by atoms with Crippen LogP contribution in [0.25, 0.3) is 10.2 Å². The standard InChI is InChI=1S/C13H9N3OS/c17-11-7-3-1-5-9(11)15-16-13-14-10-6-2-4-8-12(10)18-13/h1-8,17H. The van der Waals surface area contributed by atoms with Gasteiger partial charge in [0, 0.05) is 0 Å². The first-order chi connectivity index (χ1) is 8.83. The Hall–Kier alpha value is -2.27. The van der Waals surface area contributed by atoms with Crippen LogP contribution >= 0.6 is 11.3 Å². The zero-order chi connectivity index (χ0) is 12.4. The molecule has 5 heteroatoms. The summed E-state index contributed by atoms with van der Waals surface area (Å²) in [7, 11) is 0. The van der Waals surface area contributed by atoms with E-state index in [4.69, 9.17) is 0 Å². The van der Waals surface area contributed by atoms with Crippen molar-refractivity contribution in [3.8, 4) is 5.75 Å². The Morgan fingerprint density at radius 1 is 0.944 bits per heavy atom. The van der Waals surface area contributed by atoms with Crippen molar-refractivity contribution in [2.45, 2.75) is 0 Å². The van der Waals surface area contributed by atoms with Gasteiger partial charge >= 0.3 is 0 Å². The molecule has 0 aliphatic carbocycles. The summed E-state index contributed by atoms with van der Waals surface area (Å²) in [6, 6.07) is 14.6. The second-order valence-electron chi connectivity index (χ2n) is 3.65. The van der Waals surface area contributed by atoms with E-state index in [9.17, 15) is 5.11 Å². The monoisotopic (exact) mass is 255 g/mol. The first-order valence-corrected chi connectivity index (χ1v) is 6.20. The first-order valence-electron chi connectivity index (χ1n) is 5.38. The molecule has 0 aliphatic heterocycles. The number of aromatic nitrogens is 1. The molecular formula is C13H9N3OS. The van der Waals surface area contributed by atoms with Crippen molar-refractivity contribution in [1.29, 1.82) is 0 Å². The Labute approximate surface area is 107 Å². The van der Waals surface area contributed by atoms with Crippen LogP contribution in [-0.4, -0.2) is 10.1 Å². The molecule has 0 unspecified atom stereocenters. The molecule has 88 valence electrons. The molecule has 0 bridgehead atoms. The number of phenolic OH excluding ortho intramolecular Hbond substituents is 1. The minimum absolute atomic E-state index is 0.113. The minimum atomic E-state index is 0.113. The highest BCUT2D eigenvalue weighted by molar-refractivity contribution is 7.21. The van der Waals surface area contributed by atoms with Gasteiger partial charge in [-0.05, 0) is 24.3 Å². The highest BCUT2D eigenvalue weighted by Crippen LogP contribution is 2.31. The lowest BCUT2D eigenvalue weighted by Crippen LogP contribution is -1.66. The number of para-hydroxylation sites is 2. The molecule has 0 saturated heterocycles. The van der Waals surface area contributed by atoms with Crippen molar-refractivity contribution in [1.82, 2.24) is 4.98 Å². The molecule has 1 aromatic heterocycles. The summed E-state index contributed by atoms with van der Waals surface area (Å²) in [5.74, 6) is 0.113. The first kappa shape index (κ1) is 10.9. The van der Waals surface area contributed by atoms with Crippen LogP contribution in [0, 0.1) is 0 Å². The van der Waals surface area contributed by atoms with Gasteiger partial charge in [0.15, 0.2) is 0 Å². The van der Waals surface area contributed by atoms with E-state index in [-0.39, 0.29) is 5.75 Å². The fourth-order valence-corrected chi connectivity index (χ4v) is 2.34. The van der Waals surface area contributed by atoms with Gasteiger partial charge in [0.2, 0.25) is 5.13 Å². The molecule has 4 nitrogen and oxygen atoms in total. The third-order valence-electron chi connectivity index (χ3n) is 2.41. The van der Waals surface area contributed by atoms with Crippen molar-refractivity contribution in [2.24, 2.45) is 10.2 Å². The molecule has 2 aromatic carbocycles. The Kier molecular flexibility index (Phi) is 2.74. The van der Waals surface area contributed by atoms with Crippen molar-refractivity contribution in [3.05, 3.63) is 48.5 Å². The number of phenols is 1.